The highest BCUT2D eigenvalue weighted by Gasteiger charge is 2.33. The zero-order valence-corrected chi connectivity index (χ0v) is 24.5. The molecule has 2 unspecified atom stereocenters. The number of furan rings is 1. The van der Waals surface area contributed by atoms with E-state index in [9.17, 15) is 0 Å². The second-order valence-corrected chi connectivity index (χ2v) is 11.5. The quantitative estimate of drug-likeness (QED) is 0.195. The van der Waals surface area contributed by atoms with Gasteiger partial charge < -0.3 is 8.98 Å². The van der Waals surface area contributed by atoms with Crippen LogP contribution in [0.3, 0.4) is 0 Å². The van der Waals surface area contributed by atoms with Crippen molar-refractivity contribution in [3.05, 3.63) is 139 Å². The van der Waals surface area contributed by atoms with Crippen LogP contribution in [0.25, 0.3) is 66.9 Å². The predicted molar refractivity (Wildman–Crippen MR) is 180 cm³/mol. The average molecular weight is 579 g/mol. The molecule has 5 heteroatoms. The Morgan fingerprint density at radius 2 is 1.16 bits per heavy atom. The smallest absolute Gasteiger partial charge is 0.164 e. The van der Waals surface area contributed by atoms with Gasteiger partial charge in [0, 0.05) is 49.8 Å². The van der Waals surface area contributed by atoms with Crippen LogP contribution in [-0.2, 0) is 0 Å². The van der Waals surface area contributed by atoms with Crippen molar-refractivity contribution in [3.8, 4) is 46.0 Å². The third kappa shape index (κ3) is 4.00. The van der Waals surface area contributed by atoms with Crippen molar-refractivity contribution < 1.29 is 4.42 Å². The maximum Gasteiger partial charge on any atom is 0.164 e. The molecule has 45 heavy (non-hydrogen) atoms. The fourth-order valence-electron chi connectivity index (χ4n) is 6.70. The number of rotatable bonds is 4. The van der Waals surface area contributed by atoms with Crippen LogP contribution in [0.2, 0.25) is 0 Å². The molecule has 0 amide bonds. The van der Waals surface area contributed by atoms with Gasteiger partial charge in [0.15, 0.2) is 17.5 Å². The molecule has 3 heterocycles. The lowest BCUT2D eigenvalue weighted by Gasteiger charge is -2.25. The molecule has 8 aromatic rings. The monoisotopic (exact) mass is 578 g/mol. The molecule has 212 valence electrons. The summed E-state index contributed by atoms with van der Waals surface area (Å²) >= 11 is 0. The Morgan fingerprint density at radius 3 is 1.78 bits per heavy atom. The fourth-order valence-corrected chi connectivity index (χ4v) is 6.70. The van der Waals surface area contributed by atoms with Gasteiger partial charge in [-0.2, -0.15) is 0 Å². The second kappa shape index (κ2) is 10.0. The molecule has 2 atom stereocenters. The van der Waals surface area contributed by atoms with Gasteiger partial charge in [0.25, 0.3) is 0 Å². The number of fused-ring (bicyclic) bond motifs is 6. The van der Waals surface area contributed by atoms with E-state index < -0.39 is 0 Å². The van der Waals surface area contributed by atoms with Crippen LogP contribution in [0, 0.1) is 17.8 Å². The zero-order chi connectivity index (χ0) is 29.9. The van der Waals surface area contributed by atoms with E-state index in [0.717, 1.165) is 39.0 Å². The van der Waals surface area contributed by atoms with Gasteiger partial charge in [0.1, 0.15) is 17.4 Å². The van der Waals surface area contributed by atoms with E-state index in [2.05, 4.69) is 77.9 Å². The highest BCUT2D eigenvalue weighted by atomic mass is 16.3. The van der Waals surface area contributed by atoms with Crippen molar-refractivity contribution in [1.82, 2.24) is 19.5 Å². The minimum Gasteiger partial charge on any atom is -0.457 e. The summed E-state index contributed by atoms with van der Waals surface area (Å²) in [5.41, 5.74) is 6.74. The molecule has 0 saturated heterocycles. The number of benzene rings is 5. The van der Waals surface area contributed by atoms with E-state index >= 15 is 0 Å². The van der Waals surface area contributed by atoms with Crippen molar-refractivity contribution in [2.75, 3.05) is 0 Å². The van der Waals surface area contributed by atoms with Crippen LogP contribution < -0.4 is 0 Å². The summed E-state index contributed by atoms with van der Waals surface area (Å²) in [6.07, 6.45) is 0. The van der Waals surface area contributed by atoms with Crippen molar-refractivity contribution >= 4 is 32.8 Å². The molecule has 1 aliphatic carbocycles. The Balaban J connectivity index is 1.29. The van der Waals surface area contributed by atoms with E-state index in [0.29, 0.717) is 17.5 Å². The largest absolute Gasteiger partial charge is 0.457 e. The number of aromatic nitrogens is 4. The molecule has 1 aliphatic rings. The van der Waals surface area contributed by atoms with Gasteiger partial charge in [-0.15, -0.1) is 0 Å². The number of hydrogen-bond donors (Lipinski definition) is 0. The lowest BCUT2D eigenvalue weighted by atomic mass is 9.90. The van der Waals surface area contributed by atoms with Gasteiger partial charge >= 0.3 is 0 Å². The summed E-state index contributed by atoms with van der Waals surface area (Å²) in [5, 5.41) is 3.38. The Hall–Kier alpha value is -5.99. The van der Waals surface area contributed by atoms with E-state index in [-0.39, 0.29) is 12.0 Å². The molecule has 0 N–H and O–H groups in total. The average Bonchev–Trinajstić information content (AvgIpc) is 3.65. The first-order valence-electron chi connectivity index (χ1n) is 15.2. The highest BCUT2D eigenvalue weighted by molar-refractivity contribution is 6.08. The standard InChI is InChI=1S/C40H26N4O/c1-25-23-24-30-35-31(40-42-38(26-13-4-2-5-14-26)41-39(43-40)27-15-6-3-7-16-27)19-12-22-34(35)45-37(30)36(25)44-32-20-10-8-17-28(32)29-18-9-11-21-33(29)44/h2-22,25,36H,1H3. The maximum atomic E-state index is 6.79. The fraction of sp³-hybridized carbons (Fsp3) is 0.0750. The van der Waals surface area contributed by atoms with Crippen LogP contribution in [0.15, 0.2) is 132 Å². The summed E-state index contributed by atoms with van der Waals surface area (Å²) in [6, 6.07) is 43.3. The Morgan fingerprint density at radius 1 is 0.600 bits per heavy atom. The minimum atomic E-state index is -0.107. The first kappa shape index (κ1) is 25.5. The molecular formula is C40H26N4O. The first-order valence-corrected chi connectivity index (χ1v) is 15.2. The van der Waals surface area contributed by atoms with Crippen molar-refractivity contribution in [3.63, 3.8) is 0 Å². The van der Waals surface area contributed by atoms with E-state index in [4.69, 9.17) is 19.4 Å². The molecule has 0 bridgehead atoms. The van der Waals surface area contributed by atoms with Crippen molar-refractivity contribution in [2.24, 2.45) is 5.92 Å². The Labute approximate surface area is 259 Å². The molecule has 0 fully saturated rings. The van der Waals surface area contributed by atoms with Gasteiger partial charge in [0.05, 0.1) is 5.56 Å². The SMILES string of the molecule is CC1C#Cc2c(oc3cccc(-c4nc(-c5ccccc5)nc(-c5ccccc5)n4)c23)C1n1c2ccccc2c2ccccc21. The van der Waals surface area contributed by atoms with Gasteiger partial charge in [-0.25, -0.2) is 15.0 Å². The molecule has 5 nitrogen and oxygen atoms in total. The first-order chi connectivity index (χ1) is 22.2. The molecule has 0 saturated carbocycles. The summed E-state index contributed by atoms with van der Waals surface area (Å²) < 4.78 is 9.20. The van der Waals surface area contributed by atoms with Crippen molar-refractivity contribution in [1.29, 1.82) is 0 Å². The molecule has 3 aromatic heterocycles. The predicted octanol–water partition coefficient (Wildman–Crippen LogP) is 9.32. The third-order valence-electron chi connectivity index (χ3n) is 8.75. The Kier molecular flexibility index (Phi) is 5.69. The highest BCUT2D eigenvalue weighted by Crippen LogP contribution is 2.44. The third-order valence-corrected chi connectivity index (χ3v) is 8.75. The number of para-hydroxylation sites is 2. The number of hydrogen-bond acceptors (Lipinski definition) is 4. The van der Waals surface area contributed by atoms with Crippen LogP contribution in [0.1, 0.15) is 24.3 Å². The molecule has 0 radical (unpaired) electrons. The minimum absolute atomic E-state index is 0.0345. The normalized spacial score (nSPS) is 15.7. The summed E-state index contributed by atoms with van der Waals surface area (Å²) in [7, 11) is 0. The Bertz CT molecular complexity index is 2350. The van der Waals surface area contributed by atoms with Crippen LogP contribution in [0.4, 0.5) is 0 Å². The summed E-state index contributed by atoms with van der Waals surface area (Å²) in [4.78, 5) is 14.9. The van der Waals surface area contributed by atoms with E-state index in [1.165, 1.54) is 21.8 Å². The van der Waals surface area contributed by atoms with Crippen molar-refractivity contribution in [2.45, 2.75) is 13.0 Å². The second-order valence-electron chi connectivity index (χ2n) is 11.5. The zero-order valence-electron chi connectivity index (χ0n) is 24.5. The number of nitrogens with zero attached hydrogens (tertiary/aromatic N) is 4. The van der Waals surface area contributed by atoms with Gasteiger partial charge in [-0.1, -0.05) is 121 Å². The summed E-state index contributed by atoms with van der Waals surface area (Å²) in [5.74, 6) is 9.79. The van der Waals surface area contributed by atoms with Gasteiger partial charge in [-0.3, -0.25) is 0 Å². The lowest BCUT2D eigenvalue weighted by Crippen LogP contribution is -2.20. The topological polar surface area (TPSA) is 56.7 Å². The summed E-state index contributed by atoms with van der Waals surface area (Å²) in [6.45, 7) is 2.18. The van der Waals surface area contributed by atoms with Crippen LogP contribution >= 0.6 is 0 Å². The lowest BCUT2D eigenvalue weighted by molar-refractivity contribution is 0.407. The molecular weight excluding hydrogens is 552 g/mol. The van der Waals surface area contributed by atoms with Gasteiger partial charge in [-0.05, 0) is 25.1 Å². The molecule has 0 spiro atoms. The molecule has 9 rings (SSSR count). The molecule has 5 aromatic carbocycles. The van der Waals surface area contributed by atoms with E-state index in [1.807, 2.05) is 72.8 Å². The maximum absolute atomic E-state index is 6.79. The van der Waals surface area contributed by atoms with Gasteiger partial charge in [0.2, 0.25) is 0 Å². The van der Waals surface area contributed by atoms with Crippen LogP contribution in [-0.4, -0.2) is 19.5 Å². The van der Waals surface area contributed by atoms with Crippen LogP contribution in [0.5, 0.6) is 0 Å². The molecule has 0 aliphatic heterocycles. The van der Waals surface area contributed by atoms with E-state index in [1.54, 1.807) is 0 Å².